The molecule has 0 bridgehead atoms. The van der Waals surface area contributed by atoms with Crippen LogP contribution in [-0.4, -0.2) is 46.1 Å². The third-order valence-electron chi connectivity index (χ3n) is 9.54. The molecule has 0 radical (unpaired) electrons. The van der Waals surface area contributed by atoms with Crippen LogP contribution in [0, 0.1) is 0 Å². The molecule has 278 valence electrons. The number of nitrogens with one attached hydrogen (secondary N) is 1. The molecule has 5 heteroatoms. The van der Waals surface area contributed by atoms with E-state index in [0.717, 1.165) is 32.1 Å². The van der Waals surface area contributed by atoms with Gasteiger partial charge in [0.15, 0.2) is 0 Å². The molecule has 0 saturated heterocycles. The smallest absolute Gasteiger partial charge is 0.249 e. The van der Waals surface area contributed by atoms with Gasteiger partial charge in [-0.1, -0.05) is 192 Å². The second-order valence-electron chi connectivity index (χ2n) is 14.2. The fourth-order valence-electron chi connectivity index (χ4n) is 6.24. The predicted octanol–water partition coefficient (Wildman–Crippen LogP) is 11.4. The van der Waals surface area contributed by atoms with E-state index < -0.39 is 24.2 Å². The monoisotopic (exact) mass is 664 g/mol. The molecular weight excluding hydrogens is 582 g/mol. The first-order valence-electron chi connectivity index (χ1n) is 20.7. The van der Waals surface area contributed by atoms with Crippen LogP contribution in [0.2, 0.25) is 0 Å². The summed E-state index contributed by atoms with van der Waals surface area (Å²) in [7, 11) is 0. The van der Waals surface area contributed by atoms with Gasteiger partial charge in [-0.2, -0.15) is 0 Å². The van der Waals surface area contributed by atoms with Crippen LogP contribution in [-0.2, 0) is 4.79 Å². The van der Waals surface area contributed by atoms with Crippen molar-refractivity contribution < 1.29 is 20.1 Å². The number of rotatable bonds is 37. The zero-order valence-corrected chi connectivity index (χ0v) is 31.4. The Balaban J connectivity index is 3.67. The van der Waals surface area contributed by atoms with Crippen LogP contribution >= 0.6 is 0 Å². The maximum absolute atomic E-state index is 12.4. The number of aliphatic hydroxyl groups is 3. The number of amides is 1. The topological polar surface area (TPSA) is 89.8 Å². The van der Waals surface area contributed by atoms with Crippen molar-refractivity contribution in [2.45, 2.75) is 231 Å². The third kappa shape index (κ3) is 33.1. The van der Waals surface area contributed by atoms with Gasteiger partial charge in [-0.3, -0.25) is 4.79 Å². The first-order valence-corrected chi connectivity index (χ1v) is 20.7. The highest BCUT2D eigenvalue weighted by Gasteiger charge is 2.22. The Morgan fingerprint density at radius 3 is 1.23 bits per heavy atom. The van der Waals surface area contributed by atoms with Gasteiger partial charge >= 0.3 is 0 Å². The van der Waals surface area contributed by atoms with Gasteiger partial charge in [0.2, 0.25) is 5.91 Å². The Hall–Kier alpha value is -1.17. The van der Waals surface area contributed by atoms with Crippen molar-refractivity contribution in [1.29, 1.82) is 0 Å². The SMILES string of the molecule is CCCCCCCC/C=C\CCCCCCCCCCCCC(O)C(=O)N[C@@H](CO)[C@H](O)/C=C/CCCCCCCCCCCCC. The molecule has 0 rings (SSSR count). The van der Waals surface area contributed by atoms with Crippen LogP contribution in [0.4, 0.5) is 0 Å². The number of carbonyl (C=O) groups excluding carboxylic acids is 1. The summed E-state index contributed by atoms with van der Waals surface area (Å²) in [4.78, 5) is 12.4. The number of hydrogen-bond acceptors (Lipinski definition) is 4. The molecule has 47 heavy (non-hydrogen) atoms. The molecule has 1 amide bonds. The highest BCUT2D eigenvalue weighted by Crippen LogP contribution is 2.15. The maximum atomic E-state index is 12.4. The summed E-state index contributed by atoms with van der Waals surface area (Å²) in [6.45, 7) is 4.17. The van der Waals surface area contributed by atoms with E-state index in [0.29, 0.717) is 6.42 Å². The summed E-state index contributed by atoms with van der Waals surface area (Å²) in [6.07, 6.45) is 44.8. The van der Waals surface area contributed by atoms with Crippen LogP contribution in [0.5, 0.6) is 0 Å². The lowest BCUT2D eigenvalue weighted by molar-refractivity contribution is -0.131. The van der Waals surface area contributed by atoms with Gasteiger partial charge in [-0.15, -0.1) is 0 Å². The second kappa shape index (κ2) is 37.6. The lowest BCUT2D eigenvalue weighted by atomic mass is 10.0. The van der Waals surface area contributed by atoms with Crippen LogP contribution in [0.1, 0.15) is 213 Å². The molecule has 0 aliphatic carbocycles. The number of unbranched alkanes of at least 4 members (excludes halogenated alkanes) is 27. The zero-order valence-electron chi connectivity index (χ0n) is 31.4. The number of allylic oxidation sites excluding steroid dienone is 3. The minimum absolute atomic E-state index is 0.362. The summed E-state index contributed by atoms with van der Waals surface area (Å²) in [6, 6.07) is -0.794. The fourth-order valence-corrected chi connectivity index (χ4v) is 6.24. The van der Waals surface area contributed by atoms with Crippen molar-refractivity contribution in [3.05, 3.63) is 24.3 Å². The molecule has 0 aliphatic heterocycles. The molecule has 1 unspecified atom stereocenters. The lowest BCUT2D eigenvalue weighted by Gasteiger charge is -2.21. The van der Waals surface area contributed by atoms with Crippen LogP contribution in [0.3, 0.4) is 0 Å². The van der Waals surface area contributed by atoms with E-state index in [4.69, 9.17) is 0 Å². The number of carbonyl (C=O) groups is 1. The molecule has 3 atom stereocenters. The van der Waals surface area contributed by atoms with Gasteiger partial charge < -0.3 is 20.6 Å². The van der Waals surface area contributed by atoms with Gasteiger partial charge in [0.1, 0.15) is 6.10 Å². The molecule has 0 spiro atoms. The Bertz CT molecular complexity index is 694. The van der Waals surface area contributed by atoms with E-state index in [1.165, 1.54) is 161 Å². The van der Waals surface area contributed by atoms with Gasteiger partial charge in [0.25, 0.3) is 0 Å². The molecule has 0 fully saturated rings. The molecule has 0 aromatic rings. The predicted molar refractivity (Wildman–Crippen MR) is 204 cm³/mol. The minimum Gasteiger partial charge on any atom is -0.394 e. The molecule has 5 nitrogen and oxygen atoms in total. The van der Waals surface area contributed by atoms with E-state index in [1.54, 1.807) is 6.08 Å². The quantitative estimate of drug-likeness (QED) is 0.0393. The molecule has 0 aromatic heterocycles. The van der Waals surface area contributed by atoms with Crippen molar-refractivity contribution in [3.63, 3.8) is 0 Å². The van der Waals surface area contributed by atoms with Gasteiger partial charge in [-0.25, -0.2) is 0 Å². The van der Waals surface area contributed by atoms with E-state index in [1.807, 2.05) is 6.08 Å². The van der Waals surface area contributed by atoms with Crippen molar-refractivity contribution in [2.75, 3.05) is 6.61 Å². The Kier molecular flexibility index (Phi) is 36.7. The molecule has 4 N–H and O–H groups in total. The van der Waals surface area contributed by atoms with E-state index in [-0.39, 0.29) is 6.61 Å². The summed E-state index contributed by atoms with van der Waals surface area (Å²) >= 11 is 0. The normalized spacial score (nSPS) is 13.9. The van der Waals surface area contributed by atoms with Gasteiger partial charge in [-0.05, 0) is 44.9 Å². The maximum Gasteiger partial charge on any atom is 0.249 e. The average Bonchev–Trinajstić information content (AvgIpc) is 3.07. The number of hydrogen-bond donors (Lipinski definition) is 4. The molecule has 0 saturated carbocycles. The lowest BCUT2D eigenvalue weighted by Crippen LogP contribution is -2.48. The molecule has 0 aliphatic rings. The van der Waals surface area contributed by atoms with Crippen LogP contribution in [0.25, 0.3) is 0 Å². The van der Waals surface area contributed by atoms with Crippen molar-refractivity contribution in [1.82, 2.24) is 5.32 Å². The van der Waals surface area contributed by atoms with Gasteiger partial charge in [0.05, 0.1) is 18.8 Å². The van der Waals surface area contributed by atoms with Crippen LogP contribution in [0.15, 0.2) is 24.3 Å². The average molecular weight is 664 g/mol. The van der Waals surface area contributed by atoms with E-state index >= 15 is 0 Å². The highest BCUT2D eigenvalue weighted by atomic mass is 16.3. The first-order chi connectivity index (χ1) is 23.1. The summed E-state index contributed by atoms with van der Waals surface area (Å²) in [5, 5.41) is 33.0. The standard InChI is InChI=1S/C42H81NO4/c1-3-5-7-9-11-13-15-17-18-19-20-21-22-23-25-27-29-31-33-35-37-41(46)42(47)43-39(38-44)40(45)36-34-32-30-28-26-24-16-14-12-10-8-6-4-2/h17-18,34,36,39-41,44-46H,3-16,19-33,35,37-38H2,1-2H3,(H,43,47)/b18-17-,36-34+/t39-,40+,41?/m0/s1. The highest BCUT2D eigenvalue weighted by molar-refractivity contribution is 5.80. The van der Waals surface area contributed by atoms with E-state index in [2.05, 4.69) is 31.3 Å². The summed E-state index contributed by atoms with van der Waals surface area (Å²) < 4.78 is 0. The Morgan fingerprint density at radius 2 is 0.851 bits per heavy atom. The largest absolute Gasteiger partial charge is 0.394 e. The first kappa shape index (κ1) is 45.8. The summed E-state index contributed by atoms with van der Waals surface area (Å²) in [5.41, 5.74) is 0. The Morgan fingerprint density at radius 1 is 0.511 bits per heavy atom. The third-order valence-corrected chi connectivity index (χ3v) is 9.54. The van der Waals surface area contributed by atoms with Crippen molar-refractivity contribution in [2.24, 2.45) is 0 Å². The van der Waals surface area contributed by atoms with Crippen molar-refractivity contribution in [3.8, 4) is 0 Å². The van der Waals surface area contributed by atoms with Gasteiger partial charge in [0, 0.05) is 0 Å². The zero-order chi connectivity index (χ0) is 34.5. The second-order valence-corrected chi connectivity index (χ2v) is 14.2. The fraction of sp³-hybridized carbons (Fsp3) is 0.881. The summed E-state index contributed by atoms with van der Waals surface area (Å²) in [5.74, 6) is -0.504. The number of aliphatic hydroxyl groups excluding tert-OH is 3. The molecular formula is C42H81NO4. The van der Waals surface area contributed by atoms with Crippen LogP contribution < -0.4 is 5.32 Å². The van der Waals surface area contributed by atoms with Crippen molar-refractivity contribution >= 4 is 5.91 Å². The van der Waals surface area contributed by atoms with E-state index in [9.17, 15) is 20.1 Å². The molecule has 0 aromatic carbocycles. The molecule has 0 heterocycles. The minimum atomic E-state index is -1.10. The Labute approximate surface area is 292 Å².